The lowest BCUT2D eigenvalue weighted by Crippen LogP contribution is -2.60. The Morgan fingerprint density at radius 2 is 1.46 bits per heavy atom. The van der Waals surface area contributed by atoms with Gasteiger partial charge in [-0.25, -0.2) is 0 Å². The fourth-order valence-corrected chi connectivity index (χ4v) is 8.38. The number of rotatable bonds is 22. The van der Waals surface area contributed by atoms with E-state index < -0.39 is 47.8 Å². The van der Waals surface area contributed by atoms with Crippen molar-refractivity contribution < 1.29 is 33.4 Å². The zero-order chi connectivity index (χ0) is 44.9. The van der Waals surface area contributed by atoms with Crippen molar-refractivity contribution in [1.82, 2.24) is 30.7 Å². The third kappa shape index (κ3) is 14.6. The van der Waals surface area contributed by atoms with Crippen LogP contribution >= 0.6 is 0 Å². The lowest BCUT2D eigenvalue weighted by molar-refractivity contribution is -0.148. The van der Waals surface area contributed by atoms with Crippen LogP contribution in [-0.2, 0) is 39.9 Å². The predicted molar refractivity (Wildman–Crippen MR) is 234 cm³/mol. The Morgan fingerprint density at radius 1 is 0.847 bits per heavy atom. The van der Waals surface area contributed by atoms with E-state index in [1.54, 1.807) is 38.0 Å². The van der Waals surface area contributed by atoms with E-state index >= 15 is 0 Å². The molecule has 0 spiro atoms. The maximum Gasteiger partial charge on any atom is 0.245 e. The van der Waals surface area contributed by atoms with Crippen molar-refractivity contribution in [3.63, 3.8) is 0 Å². The molecule has 5 amide bonds. The van der Waals surface area contributed by atoms with Gasteiger partial charge in [-0.05, 0) is 77.8 Å². The summed E-state index contributed by atoms with van der Waals surface area (Å²) in [6.07, 6.45) is 1.15. The molecule has 2 rings (SSSR count). The van der Waals surface area contributed by atoms with Gasteiger partial charge < -0.3 is 35.2 Å². The number of amides is 5. The van der Waals surface area contributed by atoms with Crippen LogP contribution in [0.2, 0.25) is 0 Å². The standard InChI is InChI=1S/C46H80N6O7/c1-17-31(8)40(51(14)45(57)38(28(2)3)48-44(56)39(29(4)5)50(13)30(6)7)36(58-15)27-37(53)52-25-21-24-35(52)41(59-16)32(9)42(54)47-34(43(55)49-46(10,11)12)26-33-22-19-18-20-23-33/h18-20,22-23,28-32,34-36,38-41H,17,21,24-27H2,1-16H3,(H,47,54)(H,48,56)(H,49,55)/t31?,32?,34?,35?,36?,38-,39?,40?,41?/m0/s1. The third-order valence-electron chi connectivity index (χ3n) is 12.1. The molecule has 1 aliphatic heterocycles. The minimum Gasteiger partial charge on any atom is -0.379 e. The fraction of sp³-hybridized carbons (Fsp3) is 0.761. The van der Waals surface area contributed by atoms with Gasteiger partial charge in [-0.2, -0.15) is 0 Å². The number of hydrogen-bond acceptors (Lipinski definition) is 8. The first-order valence-corrected chi connectivity index (χ1v) is 21.8. The SMILES string of the molecule is CCC(C)C(C(CC(=O)N1CCCC1C(OC)C(C)C(=O)NC(Cc1ccccc1)C(=O)NC(C)(C)C)OC)N(C)C(=O)[C@@H](NC(=O)C(C(C)C)N(C)C(C)C)C(C)C. The monoisotopic (exact) mass is 829 g/mol. The Morgan fingerprint density at radius 3 is 1.95 bits per heavy atom. The summed E-state index contributed by atoms with van der Waals surface area (Å²) in [6, 6.07) is 6.84. The number of likely N-dealkylation sites (N-methyl/N-ethyl adjacent to an activating group) is 2. The van der Waals surface area contributed by atoms with E-state index in [1.807, 2.05) is 118 Å². The zero-order valence-electron chi connectivity index (χ0n) is 39.3. The molecule has 1 aromatic carbocycles. The van der Waals surface area contributed by atoms with E-state index in [2.05, 4.69) is 16.0 Å². The second-order valence-electron chi connectivity index (χ2n) is 18.8. The number of likely N-dealkylation sites (tertiary alicyclic amines) is 1. The summed E-state index contributed by atoms with van der Waals surface area (Å²) in [7, 11) is 6.79. The lowest BCUT2D eigenvalue weighted by Gasteiger charge is -2.41. The number of nitrogens with zero attached hydrogens (tertiary/aromatic N) is 3. The summed E-state index contributed by atoms with van der Waals surface area (Å²) in [6.45, 7) is 24.0. The molecule has 59 heavy (non-hydrogen) atoms. The molecule has 1 aliphatic rings. The van der Waals surface area contributed by atoms with Gasteiger partial charge in [0.25, 0.3) is 0 Å². The molecular weight excluding hydrogens is 749 g/mol. The summed E-state index contributed by atoms with van der Waals surface area (Å²) in [5.41, 5.74) is 0.422. The average molecular weight is 829 g/mol. The lowest BCUT2D eigenvalue weighted by atomic mass is 9.89. The van der Waals surface area contributed by atoms with E-state index in [-0.39, 0.29) is 65.8 Å². The molecule has 0 saturated carbocycles. The van der Waals surface area contributed by atoms with E-state index in [9.17, 15) is 24.0 Å². The molecule has 0 bridgehead atoms. The number of hydrogen-bond donors (Lipinski definition) is 3. The van der Waals surface area contributed by atoms with Crippen LogP contribution < -0.4 is 16.0 Å². The van der Waals surface area contributed by atoms with Gasteiger partial charge in [-0.15, -0.1) is 0 Å². The van der Waals surface area contributed by atoms with Crippen molar-refractivity contribution >= 4 is 29.5 Å². The van der Waals surface area contributed by atoms with E-state index in [4.69, 9.17) is 9.47 Å². The van der Waals surface area contributed by atoms with Gasteiger partial charge in [0.2, 0.25) is 29.5 Å². The normalized spacial score (nSPS) is 18.8. The zero-order valence-corrected chi connectivity index (χ0v) is 39.3. The highest BCUT2D eigenvalue weighted by molar-refractivity contribution is 5.91. The van der Waals surface area contributed by atoms with Crippen LogP contribution in [0.3, 0.4) is 0 Å². The molecule has 9 atom stereocenters. The van der Waals surface area contributed by atoms with Crippen molar-refractivity contribution in [2.75, 3.05) is 34.9 Å². The molecule has 1 aromatic rings. The molecule has 3 N–H and O–H groups in total. The number of ether oxygens (including phenoxy) is 2. The highest BCUT2D eigenvalue weighted by Gasteiger charge is 2.43. The maximum absolute atomic E-state index is 14.4. The number of carbonyl (C=O) groups excluding carboxylic acids is 5. The quantitative estimate of drug-likeness (QED) is 0.147. The topological polar surface area (TPSA) is 150 Å². The first kappa shape index (κ1) is 51.6. The van der Waals surface area contributed by atoms with Gasteiger partial charge in [0.1, 0.15) is 12.1 Å². The first-order valence-electron chi connectivity index (χ1n) is 21.8. The highest BCUT2D eigenvalue weighted by Crippen LogP contribution is 2.30. The Hall–Kier alpha value is -3.55. The molecule has 336 valence electrons. The van der Waals surface area contributed by atoms with Gasteiger partial charge in [0, 0.05) is 45.8 Å². The molecule has 0 aromatic heterocycles. The largest absolute Gasteiger partial charge is 0.379 e. The van der Waals surface area contributed by atoms with Crippen LogP contribution in [0.25, 0.3) is 0 Å². The third-order valence-corrected chi connectivity index (χ3v) is 12.1. The molecular formula is C46H80N6O7. The molecule has 13 nitrogen and oxygen atoms in total. The van der Waals surface area contributed by atoms with Crippen LogP contribution in [0.15, 0.2) is 30.3 Å². The van der Waals surface area contributed by atoms with Crippen LogP contribution in [0.4, 0.5) is 0 Å². The van der Waals surface area contributed by atoms with E-state index in [1.165, 1.54) is 0 Å². The summed E-state index contributed by atoms with van der Waals surface area (Å²) in [4.78, 5) is 75.4. The van der Waals surface area contributed by atoms with Gasteiger partial charge >= 0.3 is 0 Å². The summed E-state index contributed by atoms with van der Waals surface area (Å²) >= 11 is 0. The van der Waals surface area contributed by atoms with Crippen molar-refractivity contribution in [2.24, 2.45) is 23.7 Å². The molecule has 0 radical (unpaired) electrons. The van der Waals surface area contributed by atoms with Gasteiger partial charge in [0.05, 0.1) is 42.7 Å². The maximum atomic E-state index is 14.4. The van der Waals surface area contributed by atoms with E-state index in [0.29, 0.717) is 19.4 Å². The fourth-order valence-electron chi connectivity index (χ4n) is 8.38. The van der Waals surface area contributed by atoms with Gasteiger partial charge in [-0.3, -0.25) is 28.9 Å². The minimum absolute atomic E-state index is 0.00999. The van der Waals surface area contributed by atoms with Crippen molar-refractivity contribution in [3.05, 3.63) is 35.9 Å². The second-order valence-corrected chi connectivity index (χ2v) is 18.8. The summed E-state index contributed by atoms with van der Waals surface area (Å²) < 4.78 is 12.1. The van der Waals surface area contributed by atoms with Gasteiger partial charge in [0.15, 0.2) is 0 Å². The highest BCUT2D eigenvalue weighted by atomic mass is 16.5. The Kier molecular flexibility index (Phi) is 20.5. The number of carbonyl (C=O) groups is 5. The number of nitrogens with one attached hydrogen (secondary N) is 3. The summed E-state index contributed by atoms with van der Waals surface area (Å²) in [5, 5.41) is 9.10. The molecule has 1 fully saturated rings. The average Bonchev–Trinajstić information content (AvgIpc) is 3.65. The summed E-state index contributed by atoms with van der Waals surface area (Å²) in [5.74, 6) is -2.08. The minimum atomic E-state index is -0.813. The number of benzene rings is 1. The number of methoxy groups -OCH3 is 2. The molecule has 0 aliphatic carbocycles. The molecule has 1 saturated heterocycles. The Balaban J connectivity index is 2.33. The van der Waals surface area contributed by atoms with Crippen molar-refractivity contribution in [2.45, 2.75) is 169 Å². The van der Waals surface area contributed by atoms with Crippen LogP contribution in [0.1, 0.15) is 114 Å². The molecule has 8 unspecified atom stereocenters. The smallest absolute Gasteiger partial charge is 0.245 e. The van der Waals surface area contributed by atoms with Crippen molar-refractivity contribution in [3.8, 4) is 0 Å². The van der Waals surface area contributed by atoms with Crippen LogP contribution in [0, 0.1) is 23.7 Å². The van der Waals surface area contributed by atoms with Crippen molar-refractivity contribution in [1.29, 1.82) is 0 Å². The molecule has 1 heterocycles. The molecule has 13 heteroatoms. The second kappa shape index (κ2) is 23.4. The first-order chi connectivity index (χ1) is 27.5. The Labute approximate surface area is 356 Å². The van der Waals surface area contributed by atoms with Crippen LogP contribution in [0.5, 0.6) is 0 Å². The van der Waals surface area contributed by atoms with Gasteiger partial charge in [-0.1, -0.05) is 85.2 Å². The Bertz CT molecular complexity index is 1500. The van der Waals surface area contributed by atoms with E-state index in [0.717, 1.165) is 18.4 Å². The predicted octanol–water partition coefficient (Wildman–Crippen LogP) is 5.05. The van der Waals surface area contributed by atoms with Crippen LogP contribution in [-0.4, -0.2) is 133 Å².